The van der Waals surface area contributed by atoms with Crippen molar-refractivity contribution >= 4 is 11.9 Å². The fourth-order valence-corrected chi connectivity index (χ4v) is 4.65. The van der Waals surface area contributed by atoms with Crippen LogP contribution in [-0.4, -0.2) is 22.2 Å². The van der Waals surface area contributed by atoms with Gasteiger partial charge in [-0.15, -0.1) is 0 Å². The molecule has 28 heavy (non-hydrogen) atoms. The van der Waals surface area contributed by atoms with Crippen LogP contribution in [-0.2, 0) is 9.59 Å². The number of carboxylic acid groups (broad SMARTS) is 2. The minimum absolute atomic E-state index is 0.514. The second-order valence-electron chi connectivity index (χ2n) is 8.94. The number of hydrogen-bond acceptors (Lipinski definition) is 2. The van der Waals surface area contributed by atoms with E-state index in [9.17, 15) is 19.8 Å². The summed E-state index contributed by atoms with van der Waals surface area (Å²) in [4.78, 5) is 22.8. The molecule has 4 nitrogen and oxygen atoms in total. The maximum Gasteiger partial charge on any atom is 0.310 e. The van der Waals surface area contributed by atoms with Gasteiger partial charge in [-0.2, -0.15) is 0 Å². The van der Waals surface area contributed by atoms with Gasteiger partial charge in [0.05, 0.1) is 11.3 Å². The second-order valence-corrected chi connectivity index (χ2v) is 8.94. The summed E-state index contributed by atoms with van der Waals surface area (Å²) in [5.41, 5.74) is -0.984. The number of aliphatic carboxylic acids is 2. The molecule has 0 aromatic rings. The Labute approximate surface area is 172 Å². The molecule has 0 heterocycles. The molecule has 1 fully saturated rings. The average molecular weight is 397 g/mol. The Balaban J connectivity index is 1.89. The first-order chi connectivity index (χ1) is 13.5. The maximum absolute atomic E-state index is 11.5. The van der Waals surface area contributed by atoms with Crippen molar-refractivity contribution in [2.24, 2.45) is 11.3 Å². The first-order valence-corrected chi connectivity index (χ1v) is 12.0. The predicted octanol–water partition coefficient (Wildman–Crippen LogP) is 7.20. The van der Waals surface area contributed by atoms with E-state index in [0.717, 1.165) is 19.3 Å². The Morgan fingerprint density at radius 1 is 0.714 bits per heavy atom. The van der Waals surface area contributed by atoms with E-state index < -0.39 is 23.3 Å². The number of unbranched alkanes of at least 4 members (excludes halogenated alkanes) is 15. The molecule has 0 amide bonds. The first-order valence-electron chi connectivity index (χ1n) is 12.0. The summed E-state index contributed by atoms with van der Waals surface area (Å²) in [6, 6.07) is 0. The van der Waals surface area contributed by atoms with Crippen LogP contribution in [0.4, 0.5) is 0 Å². The smallest absolute Gasteiger partial charge is 0.310 e. The molecular weight excluding hydrogens is 352 g/mol. The molecule has 0 saturated heterocycles. The third-order valence-corrected chi connectivity index (χ3v) is 6.75. The van der Waals surface area contributed by atoms with Crippen LogP contribution in [0.3, 0.4) is 0 Å². The molecule has 1 rings (SSSR count). The second kappa shape index (κ2) is 14.9. The minimum atomic E-state index is -0.984. The van der Waals surface area contributed by atoms with E-state index in [2.05, 4.69) is 6.92 Å². The van der Waals surface area contributed by atoms with Gasteiger partial charge in [0.2, 0.25) is 0 Å². The lowest BCUT2D eigenvalue weighted by atomic mass is 9.57. The van der Waals surface area contributed by atoms with E-state index in [1.165, 1.54) is 83.5 Å². The lowest BCUT2D eigenvalue weighted by Crippen LogP contribution is -2.50. The summed E-state index contributed by atoms with van der Waals surface area (Å²) in [5, 5.41) is 18.7. The van der Waals surface area contributed by atoms with Crippen molar-refractivity contribution in [1.82, 2.24) is 0 Å². The fraction of sp³-hybridized carbons (Fsp3) is 0.917. The number of hydrogen-bond donors (Lipinski definition) is 2. The number of carboxylic acids is 2. The highest BCUT2D eigenvalue weighted by Gasteiger charge is 2.55. The molecule has 1 saturated carbocycles. The van der Waals surface area contributed by atoms with Crippen molar-refractivity contribution in [2.45, 2.75) is 129 Å². The monoisotopic (exact) mass is 396 g/mol. The molecule has 0 aliphatic heterocycles. The zero-order chi connectivity index (χ0) is 20.7. The van der Waals surface area contributed by atoms with Crippen molar-refractivity contribution in [1.29, 1.82) is 0 Å². The zero-order valence-electron chi connectivity index (χ0n) is 18.2. The molecule has 0 aromatic heterocycles. The number of rotatable bonds is 19. The highest BCUT2D eigenvalue weighted by atomic mass is 16.4. The molecular formula is C24H44O4. The predicted molar refractivity (Wildman–Crippen MR) is 115 cm³/mol. The van der Waals surface area contributed by atoms with Gasteiger partial charge in [-0.05, 0) is 19.3 Å². The van der Waals surface area contributed by atoms with Crippen LogP contribution in [0.1, 0.15) is 129 Å². The largest absolute Gasteiger partial charge is 0.481 e. The van der Waals surface area contributed by atoms with Crippen LogP contribution in [0, 0.1) is 11.3 Å². The molecule has 2 atom stereocenters. The van der Waals surface area contributed by atoms with E-state index >= 15 is 0 Å². The zero-order valence-corrected chi connectivity index (χ0v) is 18.2. The van der Waals surface area contributed by atoms with Crippen LogP contribution in [0.15, 0.2) is 0 Å². The van der Waals surface area contributed by atoms with Gasteiger partial charge in [0.1, 0.15) is 0 Å². The van der Waals surface area contributed by atoms with Crippen molar-refractivity contribution in [3.05, 3.63) is 0 Å². The van der Waals surface area contributed by atoms with Crippen LogP contribution in [0.2, 0.25) is 0 Å². The Bertz CT molecular complexity index is 434. The third-order valence-electron chi connectivity index (χ3n) is 6.75. The van der Waals surface area contributed by atoms with Gasteiger partial charge in [0.15, 0.2) is 0 Å². The van der Waals surface area contributed by atoms with E-state index in [-0.39, 0.29) is 0 Å². The standard InChI is InChI=1S/C24H44O4/c1-2-3-4-5-6-7-8-9-10-11-12-13-14-15-16-17-19-24(23(27)28)20-18-21(24)22(25)26/h21H,2-20H2,1H3,(H,25,26)(H,27,28). The lowest BCUT2D eigenvalue weighted by Gasteiger charge is -2.43. The van der Waals surface area contributed by atoms with Gasteiger partial charge < -0.3 is 10.2 Å². The Morgan fingerprint density at radius 2 is 1.11 bits per heavy atom. The van der Waals surface area contributed by atoms with Crippen LogP contribution >= 0.6 is 0 Å². The third kappa shape index (κ3) is 8.96. The molecule has 4 heteroatoms. The highest BCUT2D eigenvalue weighted by Crippen LogP contribution is 2.50. The van der Waals surface area contributed by atoms with E-state index in [0.29, 0.717) is 19.3 Å². The number of carbonyl (C=O) groups is 2. The summed E-state index contributed by atoms with van der Waals surface area (Å²) < 4.78 is 0. The summed E-state index contributed by atoms with van der Waals surface area (Å²) in [6.45, 7) is 2.26. The van der Waals surface area contributed by atoms with Crippen molar-refractivity contribution in [3.8, 4) is 0 Å². The molecule has 1 aliphatic rings. The summed E-state index contributed by atoms with van der Waals surface area (Å²) >= 11 is 0. The molecule has 0 aromatic carbocycles. The van der Waals surface area contributed by atoms with Gasteiger partial charge in [0.25, 0.3) is 0 Å². The molecule has 0 radical (unpaired) electrons. The summed E-state index contributed by atoms with van der Waals surface area (Å²) in [5.74, 6) is -2.53. The van der Waals surface area contributed by atoms with Crippen molar-refractivity contribution in [2.75, 3.05) is 0 Å². The van der Waals surface area contributed by atoms with Crippen LogP contribution in [0.5, 0.6) is 0 Å². The van der Waals surface area contributed by atoms with Gasteiger partial charge in [-0.25, -0.2) is 0 Å². The molecule has 0 bridgehead atoms. The Kier molecular flexibility index (Phi) is 13.3. The maximum atomic E-state index is 11.5. The summed E-state index contributed by atoms with van der Waals surface area (Å²) in [6.07, 6.45) is 22.3. The molecule has 2 N–H and O–H groups in total. The van der Waals surface area contributed by atoms with E-state index in [1.54, 1.807) is 0 Å². The topological polar surface area (TPSA) is 74.6 Å². The van der Waals surface area contributed by atoms with Gasteiger partial charge in [-0.1, -0.05) is 110 Å². The van der Waals surface area contributed by atoms with Gasteiger partial charge >= 0.3 is 11.9 Å². The minimum Gasteiger partial charge on any atom is -0.481 e. The van der Waals surface area contributed by atoms with Crippen LogP contribution < -0.4 is 0 Å². The van der Waals surface area contributed by atoms with E-state index in [1.807, 2.05) is 0 Å². The average Bonchev–Trinajstić information content (AvgIpc) is 2.62. The first kappa shape index (κ1) is 25.0. The van der Waals surface area contributed by atoms with Crippen molar-refractivity contribution in [3.63, 3.8) is 0 Å². The van der Waals surface area contributed by atoms with E-state index in [4.69, 9.17) is 0 Å². The molecule has 1 aliphatic carbocycles. The lowest BCUT2D eigenvalue weighted by molar-refractivity contribution is -0.174. The highest BCUT2D eigenvalue weighted by molar-refractivity contribution is 5.85. The Morgan fingerprint density at radius 3 is 1.39 bits per heavy atom. The normalized spacial score (nSPS) is 21.4. The Hall–Kier alpha value is -1.06. The molecule has 164 valence electrons. The SMILES string of the molecule is CCCCCCCCCCCCCCCCCCC1(C(=O)O)CCC1C(=O)O. The summed E-state index contributed by atoms with van der Waals surface area (Å²) in [7, 11) is 0. The van der Waals surface area contributed by atoms with Crippen molar-refractivity contribution < 1.29 is 19.8 Å². The van der Waals surface area contributed by atoms with Crippen LogP contribution in [0.25, 0.3) is 0 Å². The molecule has 0 spiro atoms. The van der Waals surface area contributed by atoms with Gasteiger partial charge in [-0.3, -0.25) is 9.59 Å². The van der Waals surface area contributed by atoms with Gasteiger partial charge in [0, 0.05) is 0 Å². The molecule has 2 unspecified atom stereocenters. The fourth-order valence-electron chi connectivity index (χ4n) is 4.65. The quantitative estimate of drug-likeness (QED) is 0.226.